The van der Waals surface area contributed by atoms with E-state index in [2.05, 4.69) is 141 Å². The number of nitrogens with zero attached hydrogens (tertiary/aromatic N) is 7. The molecule has 0 radical (unpaired) electrons. The molecule has 9 nitrogen and oxygen atoms in total. The fourth-order valence-electron chi connectivity index (χ4n) is 7.91. The minimum absolute atomic E-state index is 0.0706. The average Bonchev–Trinajstić information content (AvgIpc) is 3.69. The van der Waals surface area contributed by atoms with Gasteiger partial charge in [-0.25, -0.2) is 9.36 Å². The summed E-state index contributed by atoms with van der Waals surface area (Å²) in [6.45, 7) is 25.3. The van der Waals surface area contributed by atoms with Gasteiger partial charge in [0.1, 0.15) is 23.6 Å². The van der Waals surface area contributed by atoms with E-state index in [4.69, 9.17) is 14.6 Å². The van der Waals surface area contributed by atoms with E-state index >= 15 is 0 Å². The van der Waals surface area contributed by atoms with Gasteiger partial charge in [-0.05, 0) is 104 Å². The summed E-state index contributed by atoms with van der Waals surface area (Å²) in [6, 6.07) is 6.92. The molecule has 0 bridgehead atoms. The molecule has 3 aromatic heterocycles. The van der Waals surface area contributed by atoms with Crippen LogP contribution in [-0.2, 0) is 25.4 Å². The lowest BCUT2D eigenvalue weighted by Gasteiger charge is -2.38. The van der Waals surface area contributed by atoms with E-state index in [9.17, 15) is 0 Å². The molecule has 2 atom stereocenters. The Labute approximate surface area is 314 Å². The molecule has 11 heteroatoms. The summed E-state index contributed by atoms with van der Waals surface area (Å²) in [5.74, 6) is 4.44. The number of halogens is 1. The minimum atomic E-state index is -1.97. The molecule has 1 aromatic carbocycles. The number of aryl methyl sites for hydroxylation is 2. The molecular weight excluding hydrogens is 753 g/mol. The van der Waals surface area contributed by atoms with Crippen LogP contribution in [-0.4, -0.2) is 67.6 Å². The first-order valence-electron chi connectivity index (χ1n) is 18.4. The molecule has 1 aliphatic rings. The topological polar surface area (TPSA) is 75.2 Å². The Kier molecular flexibility index (Phi) is 12.3. The van der Waals surface area contributed by atoms with E-state index in [0.717, 1.165) is 76.3 Å². The molecule has 1 fully saturated rings. The zero-order chi connectivity index (χ0) is 36.5. The lowest BCUT2D eigenvalue weighted by Crippen LogP contribution is -2.43. The molecule has 0 amide bonds. The first-order valence-corrected chi connectivity index (χ1v) is 21.7. The van der Waals surface area contributed by atoms with Crippen LogP contribution in [0.4, 0.5) is 0 Å². The zero-order valence-electron chi connectivity index (χ0n) is 32.3. The van der Waals surface area contributed by atoms with Crippen molar-refractivity contribution >= 4 is 41.6 Å². The fraction of sp³-hybridized carbons (Fsp3) is 0.615. The summed E-state index contributed by atoms with van der Waals surface area (Å²) in [5, 5.41) is 15.5. The van der Waals surface area contributed by atoms with Crippen LogP contribution in [0.5, 0.6) is 5.88 Å². The highest BCUT2D eigenvalue weighted by molar-refractivity contribution is 14.1. The summed E-state index contributed by atoms with van der Waals surface area (Å²) in [6.07, 6.45) is 4.96. The maximum atomic E-state index is 6.74. The summed E-state index contributed by atoms with van der Waals surface area (Å²) < 4.78 is 19.9. The predicted octanol–water partition coefficient (Wildman–Crippen LogP) is 9.03. The van der Waals surface area contributed by atoms with Gasteiger partial charge in [0.25, 0.3) is 0 Å². The van der Waals surface area contributed by atoms with Gasteiger partial charge in [-0.2, -0.15) is 15.3 Å². The maximum Gasteiger partial charge on any atom is 0.219 e. The van der Waals surface area contributed by atoms with Crippen LogP contribution in [0.1, 0.15) is 105 Å². The lowest BCUT2D eigenvalue weighted by molar-refractivity contribution is -0.0367. The van der Waals surface area contributed by atoms with Crippen molar-refractivity contribution in [3.8, 4) is 28.5 Å². The first-order chi connectivity index (χ1) is 23.6. The molecule has 272 valence electrons. The predicted molar refractivity (Wildman–Crippen MR) is 215 cm³/mol. The van der Waals surface area contributed by atoms with E-state index < -0.39 is 8.07 Å². The summed E-state index contributed by atoms with van der Waals surface area (Å²) in [5.41, 5.74) is 11.9. The number of aromatic nitrogens is 6. The summed E-state index contributed by atoms with van der Waals surface area (Å²) in [4.78, 5) is 2.46. The average molecular weight is 812 g/mol. The van der Waals surface area contributed by atoms with Gasteiger partial charge in [-0.15, -0.1) is 5.54 Å². The van der Waals surface area contributed by atoms with Crippen LogP contribution in [0, 0.1) is 22.1 Å². The van der Waals surface area contributed by atoms with Crippen LogP contribution >= 0.6 is 22.6 Å². The third-order valence-electron chi connectivity index (χ3n) is 10.9. The van der Waals surface area contributed by atoms with Crippen LogP contribution in [0.2, 0.25) is 16.6 Å². The van der Waals surface area contributed by atoms with Gasteiger partial charge in [0.05, 0.1) is 17.3 Å². The van der Waals surface area contributed by atoms with Crippen molar-refractivity contribution in [1.29, 1.82) is 0 Å². The molecular formula is C39H58IN7O2Si. The van der Waals surface area contributed by atoms with Crippen molar-refractivity contribution in [2.45, 2.75) is 130 Å². The Hall–Kier alpha value is -2.66. The quantitative estimate of drug-likeness (QED) is 0.0808. The van der Waals surface area contributed by atoms with Gasteiger partial charge in [0, 0.05) is 56.5 Å². The number of rotatable bonds is 12. The van der Waals surface area contributed by atoms with Gasteiger partial charge in [0.15, 0.2) is 6.23 Å². The Morgan fingerprint density at radius 1 is 1.00 bits per heavy atom. The highest BCUT2D eigenvalue weighted by Gasteiger charge is 2.42. The molecule has 5 rings (SSSR count). The smallest absolute Gasteiger partial charge is 0.219 e. The van der Waals surface area contributed by atoms with Crippen molar-refractivity contribution in [1.82, 2.24) is 34.2 Å². The van der Waals surface area contributed by atoms with Gasteiger partial charge in [-0.3, -0.25) is 9.58 Å². The van der Waals surface area contributed by atoms with Crippen molar-refractivity contribution < 1.29 is 9.47 Å². The molecule has 4 aromatic rings. The monoisotopic (exact) mass is 811 g/mol. The molecule has 50 heavy (non-hydrogen) atoms. The van der Waals surface area contributed by atoms with Crippen LogP contribution in [0.3, 0.4) is 0 Å². The number of benzene rings is 1. The van der Waals surface area contributed by atoms with E-state index in [0.29, 0.717) is 22.7 Å². The Balaban J connectivity index is 1.51. The maximum absolute atomic E-state index is 6.74. The largest absolute Gasteiger partial charge is 0.473 e. The standard InChI is InChI=1S/C39H58IN7O2Si/c1-25(2)46(24-34-30(10)44(11)43-38(34)40)23-29(9)49-39-33(22-41-45(39)12)31-16-17-36-32(21-31)35(42-47(36)37-15-13-14-19-48-37)18-20-50(26(3)4,27(5)6)28(7)8/h16-17,21-22,25-29,37H,13-15,19,23-24H2,1-12H3/t29-,37?/m0/s1. The molecule has 4 heterocycles. The summed E-state index contributed by atoms with van der Waals surface area (Å²) in [7, 11) is 2.00. The third kappa shape index (κ3) is 7.74. The molecule has 0 N–H and O–H groups in total. The van der Waals surface area contributed by atoms with Crippen molar-refractivity contribution in [3.63, 3.8) is 0 Å². The third-order valence-corrected chi connectivity index (χ3v) is 18.1. The highest BCUT2D eigenvalue weighted by atomic mass is 127. The van der Waals surface area contributed by atoms with Crippen molar-refractivity contribution in [2.75, 3.05) is 13.2 Å². The van der Waals surface area contributed by atoms with E-state index in [1.807, 2.05) is 29.7 Å². The molecule has 0 spiro atoms. The number of ether oxygens (including phenoxy) is 2. The second-order valence-corrected chi connectivity index (χ2v) is 22.0. The number of hydrogen-bond donors (Lipinski definition) is 0. The molecule has 1 unspecified atom stereocenters. The molecule has 0 saturated carbocycles. The lowest BCUT2D eigenvalue weighted by atomic mass is 10.1. The Bertz CT molecular complexity index is 1820. The second kappa shape index (κ2) is 15.9. The molecule has 1 saturated heterocycles. The normalized spacial score (nSPS) is 16.3. The Morgan fingerprint density at radius 2 is 1.70 bits per heavy atom. The Morgan fingerprint density at radius 3 is 2.28 bits per heavy atom. The van der Waals surface area contributed by atoms with Gasteiger partial charge < -0.3 is 9.47 Å². The SMILES string of the molecule is Cc1c(CN(C[C@H](C)Oc2c(-c3ccc4c(c3)c(C#C[Si](C(C)C)(C(C)C)C(C)C)nn4C3CCCCO3)cnn2C)C(C)C)c(I)nn1C. The van der Waals surface area contributed by atoms with Crippen LogP contribution in [0.25, 0.3) is 22.0 Å². The number of hydrogen-bond acceptors (Lipinski definition) is 6. The van der Waals surface area contributed by atoms with E-state index in [1.165, 1.54) is 11.3 Å². The first kappa shape index (κ1) is 38.6. The second-order valence-electron chi connectivity index (χ2n) is 15.4. The van der Waals surface area contributed by atoms with E-state index in [1.54, 1.807) is 0 Å². The number of fused-ring (bicyclic) bond motifs is 1. The van der Waals surface area contributed by atoms with Gasteiger partial charge in [-0.1, -0.05) is 53.5 Å². The van der Waals surface area contributed by atoms with Crippen molar-refractivity contribution in [3.05, 3.63) is 45.0 Å². The summed E-state index contributed by atoms with van der Waals surface area (Å²) >= 11 is 2.35. The molecule has 0 aliphatic carbocycles. The fourth-order valence-corrected chi connectivity index (χ4v) is 14.0. The van der Waals surface area contributed by atoms with Gasteiger partial charge in [0.2, 0.25) is 5.88 Å². The molecule has 1 aliphatic heterocycles. The highest BCUT2D eigenvalue weighted by Crippen LogP contribution is 2.41. The van der Waals surface area contributed by atoms with Gasteiger partial charge >= 0.3 is 0 Å². The van der Waals surface area contributed by atoms with Crippen LogP contribution < -0.4 is 4.74 Å². The van der Waals surface area contributed by atoms with E-state index in [-0.39, 0.29) is 12.3 Å². The van der Waals surface area contributed by atoms with Crippen LogP contribution in [0.15, 0.2) is 24.4 Å². The minimum Gasteiger partial charge on any atom is -0.473 e. The zero-order valence-corrected chi connectivity index (χ0v) is 35.5. The van der Waals surface area contributed by atoms with Crippen molar-refractivity contribution in [2.24, 2.45) is 14.1 Å².